The van der Waals surface area contributed by atoms with E-state index in [2.05, 4.69) is 10.3 Å². The molecule has 3 saturated heterocycles. The third-order valence-corrected chi connectivity index (χ3v) is 6.89. The van der Waals surface area contributed by atoms with Gasteiger partial charge in [0.15, 0.2) is 23.0 Å². The second-order valence-electron chi connectivity index (χ2n) is 9.47. The molecule has 4 heterocycles. The highest BCUT2D eigenvalue weighted by atomic mass is 19.2. The number of ether oxygens (including phenoxy) is 3. The van der Waals surface area contributed by atoms with Crippen LogP contribution in [0.5, 0.6) is 5.75 Å². The number of halogens is 2. The minimum Gasteiger partial charge on any atom is -0.494 e. The molecule has 4 aliphatic rings. The van der Waals surface area contributed by atoms with Crippen molar-refractivity contribution in [2.75, 3.05) is 57.9 Å². The minimum absolute atomic E-state index is 0.0377. The Balaban J connectivity index is 1.21. The number of nitrogens with zero attached hydrogens (tertiary/aromatic N) is 4. The molecular formula is C23H31F2N5O4. The summed E-state index contributed by atoms with van der Waals surface area (Å²) in [7, 11) is 1.30. The van der Waals surface area contributed by atoms with Crippen molar-refractivity contribution in [3.05, 3.63) is 36.2 Å². The molecule has 186 valence electrons. The number of hydrazine groups is 1. The first-order chi connectivity index (χ1) is 16.2. The number of rotatable bonds is 4. The average molecular weight is 480 g/mol. The maximum atomic E-state index is 14.5. The average Bonchev–Trinajstić information content (AvgIpc) is 3.42. The predicted octanol–water partition coefficient (Wildman–Crippen LogP) is 1.47. The number of benzene rings is 1. The highest BCUT2D eigenvalue weighted by Gasteiger charge is 2.60. The quantitative estimate of drug-likeness (QED) is 0.697. The SMILES string of the molecule is COc1ccc(N2C=CN(N3CCN(C(=O)[C@]45CNCC[C@H]4OC(C)(C)O5)CC3)C2)c(F)c1F. The van der Waals surface area contributed by atoms with Crippen LogP contribution in [0.3, 0.4) is 0 Å². The summed E-state index contributed by atoms with van der Waals surface area (Å²) in [6, 6.07) is 2.91. The van der Waals surface area contributed by atoms with Crippen LogP contribution in [0.2, 0.25) is 0 Å². The smallest absolute Gasteiger partial charge is 0.259 e. The van der Waals surface area contributed by atoms with E-state index in [1.807, 2.05) is 30.0 Å². The molecule has 0 aromatic heterocycles. The Labute approximate surface area is 197 Å². The maximum Gasteiger partial charge on any atom is 0.259 e. The maximum absolute atomic E-state index is 14.5. The summed E-state index contributed by atoms with van der Waals surface area (Å²) in [6.07, 6.45) is 4.01. The van der Waals surface area contributed by atoms with E-state index < -0.39 is 23.0 Å². The monoisotopic (exact) mass is 479 g/mol. The van der Waals surface area contributed by atoms with Crippen molar-refractivity contribution in [1.29, 1.82) is 0 Å². The number of piperidine rings is 1. The molecule has 1 N–H and O–H groups in total. The van der Waals surface area contributed by atoms with E-state index in [1.54, 1.807) is 11.1 Å². The number of carbonyl (C=O) groups is 1. The minimum atomic E-state index is -1.00. The Morgan fingerprint density at radius 2 is 1.91 bits per heavy atom. The first-order valence-electron chi connectivity index (χ1n) is 11.6. The third kappa shape index (κ3) is 3.90. The van der Waals surface area contributed by atoms with E-state index >= 15 is 0 Å². The molecule has 0 bridgehead atoms. The van der Waals surface area contributed by atoms with Gasteiger partial charge in [-0.2, -0.15) is 4.39 Å². The van der Waals surface area contributed by atoms with Crippen LogP contribution in [-0.4, -0.2) is 91.4 Å². The lowest BCUT2D eigenvalue weighted by molar-refractivity contribution is -0.181. The van der Waals surface area contributed by atoms with Crippen LogP contribution in [0, 0.1) is 11.6 Å². The zero-order valence-corrected chi connectivity index (χ0v) is 19.7. The Kier molecular flexibility index (Phi) is 5.91. The molecule has 9 nitrogen and oxygen atoms in total. The number of hydrogen-bond acceptors (Lipinski definition) is 8. The van der Waals surface area contributed by atoms with Gasteiger partial charge in [-0.1, -0.05) is 0 Å². The van der Waals surface area contributed by atoms with E-state index in [-0.39, 0.29) is 23.4 Å². The fourth-order valence-corrected chi connectivity index (χ4v) is 5.24. The number of amides is 1. The molecule has 0 radical (unpaired) electrons. The van der Waals surface area contributed by atoms with Crippen LogP contribution >= 0.6 is 0 Å². The van der Waals surface area contributed by atoms with Crippen molar-refractivity contribution in [1.82, 2.24) is 20.2 Å². The Morgan fingerprint density at radius 3 is 2.65 bits per heavy atom. The number of methoxy groups -OCH3 is 1. The lowest BCUT2D eigenvalue weighted by Gasteiger charge is -2.44. The van der Waals surface area contributed by atoms with E-state index in [0.29, 0.717) is 39.4 Å². The largest absolute Gasteiger partial charge is 0.494 e. The molecule has 1 amide bonds. The van der Waals surface area contributed by atoms with Crippen LogP contribution in [0.25, 0.3) is 0 Å². The predicted molar refractivity (Wildman–Crippen MR) is 120 cm³/mol. The number of hydrogen-bond donors (Lipinski definition) is 1. The van der Waals surface area contributed by atoms with Crippen molar-refractivity contribution in [3.63, 3.8) is 0 Å². The van der Waals surface area contributed by atoms with Gasteiger partial charge >= 0.3 is 0 Å². The highest BCUT2D eigenvalue weighted by Crippen LogP contribution is 2.41. The van der Waals surface area contributed by atoms with Gasteiger partial charge in [-0.3, -0.25) is 9.80 Å². The van der Waals surface area contributed by atoms with Gasteiger partial charge in [0.05, 0.1) is 12.8 Å². The number of carbonyl (C=O) groups excluding carboxylic acids is 1. The summed E-state index contributed by atoms with van der Waals surface area (Å²) in [5.74, 6) is -2.91. The molecule has 0 spiro atoms. The molecular weight excluding hydrogens is 448 g/mol. The summed E-state index contributed by atoms with van der Waals surface area (Å²) in [4.78, 5) is 17.1. The lowest BCUT2D eigenvalue weighted by atomic mass is 9.89. The van der Waals surface area contributed by atoms with Crippen LogP contribution in [0.4, 0.5) is 14.5 Å². The molecule has 34 heavy (non-hydrogen) atoms. The molecule has 5 rings (SSSR count). The molecule has 1 aromatic carbocycles. The van der Waals surface area contributed by atoms with Crippen molar-refractivity contribution in [2.45, 2.75) is 37.8 Å². The summed E-state index contributed by atoms with van der Waals surface area (Å²) in [5.41, 5.74) is -0.855. The number of nitrogens with one attached hydrogen (secondary N) is 1. The third-order valence-electron chi connectivity index (χ3n) is 6.89. The fourth-order valence-electron chi connectivity index (χ4n) is 5.24. The zero-order chi connectivity index (χ0) is 24.1. The van der Waals surface area contributed by atoms with Crippen LogP contribution in [-0.2, 0) is 14.3 Å². The molecule has 0 saturated carbocycles. The molecule has 3 fully saturated rings. The van der Waals surface area contributed by atoms with E-state index in [9.17, 15) is 13.6 Å². The summed E-state index contributed by atoms with van der Waals surface area (Å²) in [6.45, 7) is 7.57. The molecule has 0 unspecified atom stereocenters. The van der Waals surface area contributed by atoms with E-state index in [4.69, 9.17) is 14.2 Å². The van der Waals surface area contributed by atoms with Gasteiger partial charge in [-0.25, -0.2) is 9.40 Å². The Morgan fingerprint density at radius 1 is 1.15 bits per heavy atom. The van der Waals surface area contributed by atoms with Crippen molar-refractivity contribution in [3.8, 4) is 5.75 Å². The normalized spacial score (nSPS) is 29.0. The van der Waals surface area contributed by atoms with Gasteiger partial charge in [0.25, 0.3) is 5.91 Å². The second-order valence-corrected chi connectivity index (χ2v) is 9.47. The molecule has 1 aromatic rings. The molecule has 2 atom stereocenters. The van der Waals surface area contributed by atoms with Gasteiger partial charge in [-0.05, 0) is 38.9 Å². The van der Waals surface area contributed by atoms with E-state index in [1.165, 1.54) is 19.2 Å². The van der Waals surface area contributed by atoms with Gasteiger partial charge in [0.2, 0.25) is 5.82 Å². The first kappa shape index (κ1) is 23.3. The summed E-state index contributed by atoms with van der Waals surface area (Å²) < 4.78 is 45.7. The van der Waals surface area contributed by atoms with Gasteiger partial charge in [0.1, 0.15) is 12.8 Å². The van der Waals surface area contributed by atoms with Gasteiger partial charge < -0.3 is 29.3 Å². The van der Waals surface area contributed by atoms with Crippen molar-refractivity contribution in [2.24, 2.45) is 0 Å². The fraction of sp³-hybridized carbons (Fsp3) is 0.609. The van der Waals surface area contributed by atoms with Crippen LogP contribution in [0.1, 0.15) is 20.3 Å². The van der Waals surface area contributed by atoms with Crippen molar-refractivity contribution >= 4 is 11.6 Å². The van der Waals surface area contributed by atoms with Crippen LogP contribution < -0.4 is 15.0 Å². The molecule has 4 aliphatic heterocycles. The van der Waals surface area contributed by atoms with Crippen molar-refractivity contribution < 1.29 is 27.8 Å². The summed E-state index contributed by atoms with van der Waals surface area (Å²) in [5, 5.41) is 7.34. The van der Waals surface area contributed by atoms with E-state index in [0.717, 1.165) is 13.0 Å². The van der Waals surface area contributed by atoms with Gasteiger partial charge in [-0.15, -0.1) is 0 Å². The Bertz CT molecular complexity index is 984. The zero-order valence-electron chi connectivity index (χ0n) is 19.7. The van der Waals surface area contributed by atoms with Gasteiger partial charge in [0, 0.05) is 45.1 Å². The van der Waals surface area contributed by atoms with Crippen LogP contribution in [0.15, 0.2) is 24.5 Å². The summed E-state index contributed by atoms with van der Waals surface area (Å²) >= 11 is 0. The highest BCUT2D eigenvalue weighted by molar-refractivity contribution is 5.87. The molecule has 0 aliphatic carbocycles. The topological polar surface area (TPSA) is 69.8 Å². The number of anilines is 1. The molecule has 11 heteroatoms. The number of fused-ring (bicyclic) bond motifs is 1. The lowest BCUT2D eigenvalue weighted by Crippen LogP contribution is -2.65. The number of piperazine rings is 1. The Hall–Kier alpha value is -2.47. The second kappa shape index (κ2) is 8.63. The standard InChI is InChI=1S/C23H31F2N5O4/c1-22(2)33-18-6-7-26-14-23(18,34-22)21(31)27-8-11-29(12-9-27)30-13-10-28(15-30)16-4-5-17(32-3)20(25)19(16)24/h4-5,10,13,18,26H,6-9,11-12,14-15H2,1-3H3/t18-,23+/m1/s1. The first-order valence-corrected chi connectivity index (χ1v) is 11.6.